The minimum atomic E-state index is 0.532. The van der Waals surface area contributed by atoms with Crippen molar-refractivity contribution in [1.82, 2.24) is 4.72 Å². The Morgan fingerprint density at radius 1 is 0.933 bits per heavy atom. The first-order valence-electron chi connectivity index (χ1n) is 10.2. The SMILES string of the molecule is C=C(c1ccc(SNC2CCOCC2)cc1)c1ccc2c(c1)Nc1ccccc1S2. The predicted molar refractivity (Wildman–Crippen MR) is 128 cm³/mol. The van der Waals surface area contributed by atoms with Crippen LogP contribution in [0.3, 0.4) is 0 Å². The number of ether oxygens (including phenoxy) is 1. The van der Waals surface area contributed by atoms with Crippen molar-refractivity contribution in [2.75, 3.05) is 18.5 Å². The number of fused-ring (bicyclic) bond motifs is 2. The normalized spacial score (nSPS) is 15.7. The molecule has 0 atom stereocenters. The van der Waals surface area contributed by atoms with E-state index in [9.17, 15) is 0 Å². The molecule has 2 N–H and O–H groups in total. The third-order valence-electron chi connectivity index (χ3n) is 5.47. The maximum Gasteiger partial charge on any atom is 0.0532 e. The highest BCUT2D eigenvalue weighted by atomic mass is 32.2. The van der Waals surface area contributed by atoms with Gasteiger partial charge in [0, 0.05) is 33.9 Å². The van der Waals surface area contributed by atoms with Crippen LogP contribution in [0.5, 0.6) is 0 Å². The molecule has 0 unspecified atom stereocenters. The lowest BCUT2D eigenvalue weighted by Crippen LogP contribution is -2.30. The molecule has 3 aromatic carbocycles. The number of benzene rings is 3. The van der Waals surface area contributed by atoms with Crippen LogP contribution in [0.15, 0.2) is 88.0 Å². The number of hydrogen-bond donors (Lipinski definition) is 2. The third kappa shape index (κ3) is 4.30. The van der Waals surface area contributed by atoms with Gasteiger partial charge in [-0.3, -0.25) is 4.72 Å². The summed E-state index contributed by atoms with van der Waals surface area (Å²) >= 11 is 3.52. The molecule has 0 spiro atoms. The smallest absolute Gasteiger partial charge is 0.0532 e. The van der Waals surface area contributed by atoms with Crippen molar-refractivity contribution in [2.24, 2.45) is 0 Å². The van der Waals surface area contributed by atoms with Gasteiger partial charge in [-0.15, -0.1) is 0 Å². The Labute approximate surface area is 186 Å². The summed E-state index contributed by atoms with van der Waals surface area (Å²) in [5.74, 6) is 0. The fourth-order valence-corrected chi connectivity index (χ4v) is 5.46. The lowest BCUT2D eigenvalue weighted by molar-refractivity contribution is 0.0838. The minimum Gasteiger partial charge on any atom is -0.381 e. The van der Waals surface area contributed by atoms with E-state index in [1.165, 1.54) is 14.7 Å². The van der Waals surface area contributed by atoms with E-state index in [1.54, 1.807) is 11.9 Å². The van der Waals surface area contributed by atoms with Gasteiger partial charge in [0.15, 0.2) is 0 Å². The zero-order valence-corrected chi connectivity index (χ0v) is 18.3. The summed E-state index contributed by atoms with van der Waals surface area (Å²) in [6, 6.07) is 24.2. The van der Waals surface area contributed by atoms with E-state index in [-0.39, 0.29) is 0 Å². The van der Waals surface area contributed by atoms with Gasteiger partial charge in [-0.05, 0) is 77.9 Å². The number of hydrogen-bond acceptors (Lipinski definition) is 5. The molecule has 0 saturated carbocycles. The standard InChI is InChI=1S/C25H24N2OS2/c1-17(18-6-9-21(10-7-18)30-27-20-12-14-28-15-13-20)19-8-11-25-23(16-19)26-22-4-2-3-5-24(22)29-25/h2-11,16,20,26-27H,1,12-15H2. The van der Waals surface area contributed by atoms with Crippen LogP contribution >= 0.6 is 23.7 Å². The lowest BCUT2D eigenvalue weighted by Gasteiger charge is -2.22. The molecule has 0 amide bonds. The molecule has 152 valence electrons. The quantitative estimate of drug-likeness (QED) is 0.342. The van der Waals surface area contributed by atoms with E-state index in [0.717, 1.165) is 54.1 Å². The van der Waals surface area contributed by atoms with Crippen LogP contribution in [-0.2, 0) is 4.74 Å². The highest BCUT2D eigenvalue weighted by molar-refractivity contribution is 7.99. The maximum atomic E-state index is 5.42. The van der Waals surface area contributed by atoms with Crippen LogP contribution < -0.4 is 10.0 Å². The number of para-hydroxylation sites is 1. The summed E-state index contributed by atoms with van der Waals surface area (Å²) in [6.45, 7) is 6.08. The molecule has 5 heteroatoms. The third-order valence-corrected chi connectivity index (χ3v) is 7.58. The van der Waals surface area contributed by atoms with Crippen LogP contribution in [-0.4, -0.2) is 19.3 Å². The van der Waals surface area contributed by atoms with E-state index >= 15 is 0 Å². The van der Waals surface area contributed by atoms with Crippen LogP contribution in [0, 0.1) is 0 Å². The van der Waals surface area contributed by atoms with Gasteiger partial charge in [0.1, 0.15) is 0 Å². The van der Waals surface area contributed by atoms with Gasteiger partial charge in [-0.2, -0.15) is 0 Å². The predicted octanol–water partition coefficient (Wildman–Crippen LogP) is 6.73. The van der Waals surface area contributed by atoms with Crippen molar-refractivity contribution in [3.8, 4) is 0 Å². The largest absolute Gasteiger partial charge is 0.381 e. The van der Waals surface area contributed by atoms with E-state index in [0.29, 0.717) is 6.04 Å². The fraction of sp³-hybridized carbons (Fsp3) is 0.200. The Balaban J connectivity index is 1.27. The molecular formula is C25H24N2OS2. The minimum absolute atomic E-state index is 0.532. The average molecular weight is 433 g/mol. The molecule has 2 heterocycles. The van der Waals surface area contributed by atoms with Crippen molar-refractivity contribution < 1.29 is 4.74 Å². The Hall–Kier alpha value is -2.18. The zero-order chi connectivity index (χ0) is 20.3. The number of nitrogens with one attached hydrogen (secondary N) is 2. The summed E-state index contributed by atoms with van der Waals surface area (Å²) < 4.78 is 8.99. The van der Waals surface area contributed by atoms with Crippen LogP contribution in [0.4, 0.5) is 11.4 Å². The molecule has 3 nitrogen and oxygen atoms in total. The van der Waals surface area contributed by atoms with Crippen LogP contribution in [0.2, 0.25) is 0 Å². The van der Waals surface area contributed by atoms with Gasteiger partial charge in [-0.25, -0.2) is 0 Å². The topological polar surface area (TPSA) is 33.3 Å². The van der Waals surface area contributed by atoms with E-state index < -0.39 is 0 Å². The van der Waals surface area contributed by atoms with Gasteiger partial charge in [0.2, 0.25) is 0 Å². The van der Waals surface area contributed by atoms with Crippen LogP contribution in [0.25, 0.3) is 5.57 Å². The van der Waals surface area contributed by atoms with E-state index in [1.807, 2.05) is 11.8 Å². The Kier molecular flexibility index (Phi) is 5.86. The number of rotatable bonds is 5. The Morgan fingerprint density at radius 2 is 1.67 bits per heavy atom. The highest BCUT2D eigenvalue weighted by Crippen LogP contribution is 2.44. The zero-order valence-electron chi connectivity index (χ0n) is 16.7. The van der Waals surface area contributed by atoms with Gasteiger partial charge >= 0.3 is 0 Å². The maximum absolute atomic E-state index is 5.42. The monoisotopic (exact) mass is 432 g/mol. The van der Waals surface area contributed by atoms with Crippen molar-refractivity contribution >= 4 is 40.7 Å². The summed E-state index contributed by atoms with van der Waals surface area (Å²) in [6.07, 6.45) is 2.16. The van der Waals surface area contributed by atoms with Gasteiger partial charge < -0.3 is 10.1 Å². The highest BCUT2D eigenvalue weighted by Gasteiger charge is 2.16. The van der Waals surface area contributed by atoms with Crippen molar-refractivity contribution in [3.05, 3.63) is 84.4 Å². The molecule has 5 rings (SSSR count). The molecule has 30 heavy (non-hydrogen) atoms. The molecule has 0 radical (unpaired) electrons. The molecule has 3 aromatic rings. The molecule has 1 fully saturated rings. The lowest BCUT2D eigenvalue weighted by atomic mass is 9.99. The van der Waals surface area contributed by atoms with Crippen molar-refractivity contribution in [2.45, 2.75) is 33.6 Å². The first kappa shape index (κ1) is 19.8. The van der Waals surface area contributed by atoms with Gasteiger partial charge in [0.25, 0.3) is 0 Å². The molecule has 1 saturated heterocycles. The Morgan fingerprint density at radius 3 is 2.50 bits per heavy atom. The van der Waals surface area contributed by atoms with Crippen molar-refractivity contribution in [1.29, 1.82) is 0 Å². The Bertz CT molecular complexity index is 1060. The first-order chi connectivity index (χ1) is 14.8. The van der Waals surface area contributed by atoms with Crippen LogP contribution in [0.1, 0.15) is 24.0 Å². The second-order valence-corrected chi connectivity index (χ2v) is 9.54. The molecule has 2 aliphatic rings. The fourth-order valence-electron chi connectivity index (χ4n) is 3.68. The molecule has 0 bridgehead atoms. The summed E-state index contributed by atoms with van der Waals surface area (Å²) in [7, 11) is 0. The molecule has 0 aromatic heterocycles. The molecule has 0 aliphatic carbocycles. The second-order valence-electron chi connectivity index (χ2n) is 7.54. The van der Waals surface area contributed by atoms with E-state index in [4.69, 9.17) is 4.74 Å². The van der Waals surface area contributed by atoms with Crippen molar-refractivity contribution in [3.63, 3.8) is 0 Å². The summed E-state index contributed by atoms with van der Waals surface area (Å²) in [5.41, 5.74) is 5.63. The van der Waals surface area contributed by atoms with Gasteiger partial charge in [-0.1, -0.05) is 48.7 Å². The van der Waals surface area contributed by atoms with Gasteiger partial charge in [0.05, 0.1) is 11.4 Å². The molecule has 2 aliphatic heterocycles. The number of anilines is 2. The van der Waals surface area contributed by atoms with E-state index in [2.05, 4.69) is 83.3 Å². The summed E-state index contributed by atoms with van der Waals surface area (Å²) in [4.78, 5) is 3.73. The average Bonchev–Trinajstić information content (AvgIpc) is 2.81. The second kappa shape index (κ2) is 8.90. The summed E-state index contributed by atoms with van der Waals surface area (Å²) in [5, 5.41) is 3.56. The first-order valence-corrected chi connectivity index (χ1v) is 11.9. The molecular weight excluding hydrogens is 408 g/mol.